The van der Waals surface area contributed by atoms with E-state index >= 15 is 0 Å². The maximum absolute atomic E-state index is 12.4. The van der Waals surface area contributed by atoms with Crippen LogP contribution in [0, 0.1) is 0 Å². The van der Waals surface area contributed by atoms with Gasteiger partial charge in [0, 0.05) is 0 Å². The van der Waals surface area contributed by atoms with Gasteiger partial charge in [0.1, 0.15) is 0 Å². The van der Waals surface area contributed by atoms with Gasteiger partial charge in [0.25, 0.3) is 0 Å². The van der Waals surface area contributed by atoms with Crippen LogP contribution in [0.25, 0.3) is 0 Å². The van der Waals surface area contributed by atoms with Crippen LogP contribution in [-0.2, 0) is 83.3 Å². The summed E-state index contributed by atoms with van der Waals surface area (Å²) >= 11 is -0.447. The van der Waals surface area contributed by atoms with E-state index in [9.17, 15) is 28.8 Å². The second-order valence-corrected chi connectivity index (χ2v) is 9.68. The molecule has 0 heterocycles. The summed E-state index contributed by atoms with van der Waals surface area (Å²) in [6.07, 6.45) is -5.66. The first-order valence-corrected chi connectivity index (χ1v) is 12.2. The molecule has 0 aromatic heterocycles. The van der Waals surface area contributed by atoms with Crippen LogP contribution in [-0.4, -0.2) is 80.9 Å². The van der Waals surface area contributed by atoms with Gasteiger partial charge in [0.2, 0.25) is 0 Å². The molecule has 0 aliphatic carbocycles. The molecule has 0 spiro atoms. The molecule has 13 heteroatoms. The molecule has 2 unspecified atom stereocenters. The van der Waals surface area contributed by atoms with Crippen LogP contribution in [0.5, 0.6) is 0 Å². The molecule has 0 radical (unpaired) electrons. The van der Waals surface area contributed by atoms with E-state index < -0.39 is 96.2 Å². The van der Waals surface area contributed by atoms with Crippen molar-refractivity contribution in [3.8, 4) is 0 Å². The number of ketones is 1. The van der Waals surface area contributed by atoms with E-state index in [4.69, 9.17) is 23.7 Å². The summed E-state index contributed by atoms with van der Waals surface area (Å²) in [5.41, 5.74) is 0. The molecule has 0 aromatic rings. The molecule has 0 N–H and O–H groups in total. The quantitative estimate of drug-likeness (QED) is 0.117. The minimum absolute atomic E-state index is 0.447. The van der Waals surface area contributed by atoms with E-state index in [0.29, 0.717) is 0 Å². The Morgan fingerprint density at radius 1 is 0.710 bits per heavy atom. The minimum atomic E-state index is -1.52. The Hall–Kier alpha value is -2.08. The van der Waals surface area contributed by atoms with Gasteiger partial charge in [-0.3, -0.25) is 0 Å². The standard InChI is InChI=1S/C18H25O12.Hg/c1-9(19)27-8-15(28-10(2)20)17(30-12(4)22)16(29-11(3)21)14(25-5)7-13(23)18(24)26-6;/h7,14-17H,8H2,1-6H3;/t14?,15-,16-,17-;/m1./s1. The number of Topliss-reactive ketones (excluding diaryl/α,β-unsaturated/α-hetero) is 1. The van der Waals surface area contributed by atoms with E-state index in [1.807, 2.05) is 0 Å². The fourth-order valence-corrected chi connectivity index (χ4v) is 5.03. The number of esters is 5. The van der Waals surface area contributed by atoms with Crippen LogP contribution in [0.3, 0.4) is 0 Å². The van der Waals surface area contributed by atoms with Crippen molar-refractivity contribution < 1.29 is 83.3 Å². The molecule has 0 aliphatic rings. The van der Waals surface area contributed by atoms with E-state index in [1.54, 1.807) is 0 Å². The Kier molecular flexibility index (Phi) is 13.1. The van der Waals surface area contributed by atoms with Crippen LogP contribution in [0.4, 0.5) is 0 Å². The Morgan fingerprint density at radius 2 is 1.19 bits per heavy atom. The molecule has 5 atom stereocenters. The molecule has 0 aromatic carbocycles. The summed E-state index contributed by atoms with van der Waals surface area (Å²) in [7, 11) is 2.23. The van der Waals surface area contributed by atoms with Crippen molar-refractivity contribution >= 4 is 35.6 Å². The Morgan fingerprint density at radius 3 is 1.58 bits per heavy atom. The van der Waals surface area contributed by atoms with E-state index in [2.05, 4.69) is 4.74 Å². The Labute approximate surface area is 195 Å². The monoisotopic (exact) mass is 635 g/mol. The van der Waals surface area contributed by atoms with Crippen LogP contribution < -0.4 is 0 Å². The van der Waals surface area contributed by atoms with Gasteiger partial charge < -0.3 is 0 Å². The molecule has 0 aliphatic heterocycles. The molecule has 12 nitrogen and oxygen atoms in total. The van der Waals surface area contributed by atoms with Crippen LogP contribution in [0.1, 0.15) is 27.7 Å². The molecule has 171 valence electrons. The number of methoxy groups -OCH3 is 2. The van der Waals surface area contributed by atoms with Crippen molar-refractivity contribution in [2.75, 3.05) is 20.8 Å². The van der Waals surface area contributed by atoms with Gasteiger partial charge in [-0.15, -0.1) is 0 Å². The van der Waals surface area contributed by atoms with Gasteiger partial charge in [-0.1, -0.05) is 0 Å². The van der Waals surface area contributed by atoms with Gasteiger partial charge in [-0.05, 0) is 0 Å². The van der Waals surface area contributed by atoms with E-state index in [-0.39, 0.29) is 0 Å². The van der Waals surface area contributed by atoms with Gasteiger partial charge in [-0.2, -0.15) is 0 Å². The second-order valence-electron chi connectivity index (χ2n) is 6.26. The van der Waals surface area contributed by atoms with Gasteiger partial charge >= 0.3 is 195 Å². The van der Waals surface area contributed by atoms with Crippen molar-refractivity contribution in [2.24, 2.45) is 0 Å². The molecule has 0 saturated heterocycles. The number of carbonyl (C=O) groups excluding carboxylic acids is 6. The predicted molar refractivity (Wildman–Crippen MR) is 94.9 cm³/mol. The maximum atomic E-state index is 12.4. The average Bonchev–Trinajstić information content (AvgIpc) is 2.66. The first kappa shape index (κ1) is 28.9. The average molecular weight is 634 g/mol. The van der Waals surface area contributed by atoms with Crippen molar-refractivity contribution in [1.29, 1.82) is 0 Å². The summed E-state index contributed by atoms with van der Waals surface area (Å²) in [5.74, 6) is -5.22. The molecule has 0 saturated carbocycles. The molecular weight excluding hydrogens is 609 g/mol. The van der Waals surface area contributed by atoms with Gasteiger partial charge in [-0.25, -0.2) is 0 Å². The molecule has 0 rings (SSSR count). The zero-order chi connectivity index (χ0) is 24.3. The number of carbonyl (C=O) groups is 6. The third kappa shape index (κ3) is 10.2. The third-order valence-electron chi connectivity index (χ3n) is 3.78. The fourth-order valence-electron chi connectivity index (χ4n) is 2.60. The summed E-state index contributed by atoms with van der Waals surface area (Å²) in [5, 5.41) is 0. The summed E-state index contributed by atoms with van der Waals surface area (Å²) in [4.78, 5) is 70.5. The van der Waals surface area contributed by atoms with Crippen molar-refractivity contribution in [1.82, 2.24) is 0 Å². The van der Waals surface area contributed by atoms with Crippen molar-refractivity contribution in [3.63, 3.8) is 0 Å². The summed E-state index contributed by atoms with van der Waals surface area (Å²) in [6, 6.07) is 0. The third-order valence-corrected chi connectivity index (χ3v) is 7.03. The number of ether oxygens (including phenoxy) is 6. The van der Waals surface area contributed by atoms with Crippen LogP contribution >= 0.6 is 0 Å². The van der Waals surface area contributed by atoms with Gasteiger partial charge in [0.15, 0.2) is 0 Å². The molecule has 31 heavy (non-hydrogen) atoms. The van der Waals surface area contributed by atoms with Crippen LogP contribution in [0.2, 0.25) is 3.43 Å². The SMILES string of the molecule is COC(=O)C(=O)[CH]([Hg])C(OC)[C@@H](OC(C)=O)[C@H](OC(C)=O)[C@@H](COC(C)=O)OC(C)=O. The van der Waals surface area contributed by atoms with Crippen molar-refractivity contribution in [3.05, 3.63) is 0 Å². The van der Waals surface area contributed by atoms with Gasteiger partial charge in [0.05, 0.1) is 0 Å². The Bertz CT molecular complexity index is 691. The molecular formula is C18H25HgO12. The first-order chi connectivity index (χ1) is 14.3. The fraction of sp³-hybridized carbons (Fsp3) is 0.667. The normalized spacial score (nSPS) is 15.4. The number of hydrogen-bond acceptors (Lipinski definition) is 12. The summed E-state index contributed by atoms with van der Waals surface area (Å²) in [6.45, 7) is 3.75. The molecule has 0 bridgehead atoms. The molecule has 0 fully saturated rings. The second kappa shape index (κ2) is 14.1. The van der Waals surface area contributed by atoms with E-state index in [1.165, 1.54) is 7.11 Å². The van der Waals surface area contributed by atoms with Crippen molar-refractivity contribution in [2.45, 2.75) is 55.5 Å². The Balaban J connectivity index is 6.33. The van der Waals surface area contributed by atoms with Crippen LogP contribution in [0.15, 0.2) is 0 Å². The topological polar surface area (TPSA) is 158 Å². The number of hydrogen-bond donors (Lipinski definition) is 0. The van der Waals surface area contributed by atoms with E-state index in [0.717, 1.165) is 34.8 Å². The zero-order valence-corrected chi connectivity index (χ0v) is 23.7. The first-order valence-electron chi connectivity index (χ1n) is 8.98. The number of rotatable bonds is 12. The zero-order valence-electron chi connectivity index (χ0n) is 18.2. The predicted octanol–water partition coefficient (Wildman–Crippen LogP) is -0.563. The molecule has 0 amide bonds. The summed E-state index contributed by atoms with van der Waals surface area (Å²) < 4.78 is 29.3.